The first-order valence-corrected chi connectivity index (χ1v) is 7.92. The number of rotatable bonds is 4. The van der Waals surface area contributed by atoms with Crippen LogP contribution in [0.1, 0.15) is 18.5 Å². The van der Waals surface area contributed by atoms with Crippen molar-refractivity contribution in [1.82, 2.24) is 9.78 Å². The summed E-state index contributed by atoms with van der Waals surface area (Å²) >= 11 is 2.31. The zero-order valence-corrected chi connectivity index (χ0v) is 13.9. The third kappa shape index (κ3) is 3.44. The number of aromatic nitrogens is 2. The molecule has 0 amide bonds. The normalized spacial score (nSPS) is 12.1. The van der Waals surface area contributed by atoms with Gasteiger partial charge in [-0.05, 0) is 65.9 Å². The summed E-state index contributed by atoms with van der Waals surface area (Å²) in [4.78, 5) is 0. The van der Waals surface area contributed by atoms with Crippen LogP contribution in [0.25, 0.3) is 5.69 Å². The van der Waals surface area contributed by atoms with Gasteiger partial charge in [0, 0.05) is 21.0 Å². The largest absolute Gasteiger partial charge is 0.378 e. The van der Waals surface area contributed by atoms with Gasteiger partial charge in [-0.2, -0.15) is 5.10 Å². The van der Waals surface area contributed by atoms with Gasteiger partial charge in [-0.15, -0.1) is 0 Å². The van der Waals surface area contributed by atoms with E-state index in [2.05, 4.69) is 70.4 Å². The van der Waals surface area contributed by atoms with Crippen LogP contribution >= 0.6 is 22.6 Å². The molecule has 0 radical (unpaired) electrons. The molecule has 0 saturated carbocycles. The SMILES string of the molecule is CC(Nc1ccc(I)cc1)c1cnn(-c2ccccc2)c1. The van der Waals surface area contributed by atoms with Crippen LogP contribution in [0.15, 0.2) is 67.0 Å². The van der Waals surface area contributed by atoms with Gasteiger partial charge in [0.05, 0.1) is 17.9 Å². The second kappa shape index (κ2) is 6.30. The second-order valence-electron chi connectivity index (χ2n) is 4.93. The molecule has 1 aromatic heterocycles. The fraction of sp³-hybridized carbons (Fsp3) is 0.118. The molecule has 106 valence electrons. The lowest BCUT2D eigenvalue weighted by molar-refractivity contribution is 0.868. The van der Waals surface area contributed by atoms with Gasteiger partial charge in [0.2, 0.25) is 0 Å². The predicted octanol–water partition coefficient (Wildman–Crippen LogP) is 4.65. The maximum absolute atomic E-state index is 4.44. The van der Waals surface area contributed by atoms with E-state index >= 15 is 0 Å². The molecule has 4 heteroatoms. The third-order valence-corrected chi connectivity index (χ3v) is 4.07. The molecule has 1 unspecified atom stereocenters. The molecule has 0 aliphatic carbocycles. The van der Waals surface area contributed by atoms with Crippen molar-refractivity contribution in [1.29, 1.82) is 0 Å². The average molecular weight is 389 g/mol. The van der Waals surface area contributed by atoms with Crippen LogP contribution in [0.3, 0.4) is 0 Å². The third-order valence-electron chi connectivity index (χ3n) is 3.35. The van der Waals surface area contributed by atoms with Crippen LogP contribution in [-0.2, 0) is 0 Å². The van der Waals surface area contributed by atoms with Crippen LogP contribution in [0.4, 0.5) is 5.69 Å². The number of anilines is 1. The first-order chi connectivity index (χ1) is 10.2. The standard InChI is InChI=1S/C17H16IN3/c1-13(20-16-9-7-15(18)8-10-16)14-11-19-21(12-14)17-5-3-2-4-6-17/h2-13,20H,1H3. The Hall–Kier alpha value is -1.82. The Kier molecular flexibility index (Phi) is 4.24. The first kappa shape index (κ1) is 14.1. The molecule has 0 saturated heterocycles. The predicted molar refractivity (Wildman–Crippen MR) is 94.8 cm³/mol. The van der Waals surface area contributed by atoms with Gasteiger partial charge in [0.25, 0.3) is 0 Å². The van der Waals surface area contributed by atoms with Crippen molar-refractivity contribution in [3.63, 3.8) is 0 Å². The molecule has 3 rings (SSSR count). The molecule has 0 fully saturated rings. The minimum Gasteiger partial charge on any atom is -0.378 e. The van der Waals surface area contributed by atoms with E-state index in [1.54, 1.807) is 0 Å². The number of para-hydroxylation sites is 1. The summed E-state index contributed by atoms with van der Waals surface area (Å²) in [7, 11) is 0. The topological polar surface area (TPSA) is 29.9 Å². The maximum atomic E-state index is 4.44. The quantitative estimate of drug-likeness (QED) is 0.659. The molecule has 21 heavy (non-hydrogen) atoms. The van der Waals surface area contributed by atoms with Crippen LogP contribution in [0.2, 0.25) is 0 Å². The van der Waals surface area contributed by atoms with E-state index in [0.29, 0.717) is 0 Å². The van der Waals surface area contributed by atoms with Crippen molar-refractivity contribution in [3.8, 4) is 5.69 Å². The number of nitrogens with one attached hydrogen (secondary N) is 1. The summed E-state index contributed by atoms with van der Waals surface area (Å²) in [5, 5.41) is 7.93. The number of halogens is 1. The van der Waals surface area contributed by atoms with E-state index in [0.717, 1.165) is 16.9 Å². The minimum atomic E-state index is 0.211. The number of nitrogens with zero attached hydrogens (tertiary/aromatic N) is 2. The molecule has 2 aromatic carbocycles. The zero-order chi connectivity index (χ0) is 14.7. The summed E-state index contributed by atoms with van der Waals surface area (Å²) in [6.07, 6.45) is 3.98. The van der Waals surface area contributed by atoms with Crippen LogP contribution in [0, 0.1) is 3.57 Å². The molecule has 1 heterocycles. The number of hydrogen-bond acceptors (Lipinski definition) is 2. The molecule has 0 spiro atoms. The van der Waals surface area contributed by atoms with Gasteiger partial charge in [0.15, 0.2) is 0 Å². The minimum absolute atomic E-state index is 0.211. The average Bonchev–Trinajstić information content (AvgIpc) is 3.00. The van der Waals surface area contributed by atoms with Crippen molar-refractivity contribution in [3.05, 3.63) is 76.1 Å². The fourth-order valence-corrected chi connectivity index (χ4v) is 2.52. The van der Waals surface area contributed by atoms with Gasteiger partial charge >= 0.3 is 0 Å². The molecule has 0 aliphatic heterocycles. The van der Waals surface area contributed by atoms with Crippen LogP contribution < -0.4 is 5.32 Å². The molecule has 3 aromatic rings. The molecular weight excluding hydrogens is 373 g/mol. The Morgan fingerprint density at radius 1 is 1.05 bits per heavy atom. The van der Waals surface area contributed by atoms with E-state index in [-0.39, 0.29) is 6.04 Å². The number of benzene rings is 2. The highest BCUT2D eigenvalue weighted by Gasteiger charge is 2.08. The van der Waals surface area contributed by atoms with Crippen LogP contribution in [0.5, 0.6) is 0 Å². The molecule has 3 nitrogen and oxygen atoms in total. The molecule has 1 atom stereocenters. The van der Waals surface area contributed by atoms with Gasteiger partial charge in [-0.25, -0.2) is 4.68 Å². The van der Waals surface area contributed by atoms with E-state index in [1.165, 1.54) is 3.57 Å². The van der Waals surface area contributed by atoms with Crippen molar-refractivity contribution in [2.45, 2.75) is 13.0 Å². The lowest BCUT2D eigenvalue weighted by atomic mass is 10.2. The Morgan fingerprint density at radius 2 is 1.76 bits per heavy atom. The smallest absolute Gasteiger partial charge is 0.0645 e. The van der Waals surface area contributed by atoms with Gasteiger partial charge in [0.1, 0.15) is 0 Å². The van der Waals surface area contributed by atoms with E-state index < -0.39 is 0 Å². The summed E-state index contributed by atoms with van der Waals surface area (Å²) in [5.41, 5.74) is 3.36. The molecule has 0 bridgehead atoms. The summed E-state index contributed by atoms with van der Waals surface area (Å²) in [6.45, 7) is 2.14. The maximum Gasteiger partial charge on any atom is 0.0645 e. The van der Waals surface area contributed by atoms with Crippen molar-refractivity contribution in [2.75, 3.05) is 5.32 Å². The van der Waals surface area contributed by atoms with E-state index in [9.17, 15) is 0 Å². The van der Waals surface area contributed by atoms with Crippen molar-refractivity contribution < 1.29 is 0 Å². The van der Waals surface area contributed by atoms with Crippen molar-refractivity contribution >= 4 is 28.3 Å². The molecule has 1 N–H and O–H groups in total. The Labute approximate surface area is 138 Å². The van der Waals surface area contributed by atoms with E-state index in [4.69, 9.17) is 0 Å². The number of hydrogen-bond donors (Lipinski definition) is 1. The molecular formula is C17H16IN3. The monoisotopic (exact) mass is 389 g/mol. The fourth-order valence-electron chi connectivity index (χ4n) is 2.16. The highest BCUT2D eigenvalue weighted by Crippen LogP contribution is 2.20. The molecule has 0 aliphatic rings. The van der Waals surface area contributed by atoms with Crippen molar-refractivity contribution in [2.24, 2.45) is 0 Å². The van der Waals surface area contributed by atoms with Gasteiger partial charge in [-0.1, -0.05) is 18.2 Å². The Morgan fingerprint density at radius 3 is 2.48 bits per heavy atom. The highest BCUT2D eigenvalue weighted by atomic mass is 127. The lowest BCUT2D eigenvalue weighted by Gasteiger charge is -2.13. The zero-order valence-electron chi connectivity index (χ0n) is 11.7. The van der Waals surface area contributed by atoms with Gasteiger partial charge in [-0.3, -0.25) is 0 Å². The first-order valence-electron chi connectivity index (χ1n) is 6.84. The highest BCUT2D eigenvalue weighted by molar-refractivity contribution is 14.1. The summed E-state index contributed by atoms with van der Waals surface area (Å²) in [5.74, 6) is 0. The van der Waals surface area contributed by atoms with Gasteiger partial charge < -0.3 is 5.32 Å². The second-order valence-corrected chi connectivity index (χ2v) is 6.17. The summed E-state index contributed by atoms with van der Waals surface area (Å²) < 4.78 is 3.14. The van der Waals surface area contributed by atoms with Crippen LogP contribution in [-0.4, -0.2) is 9.78 Å². The van der Waals surface area contributed by atoms with E-state index in [1.807, 2.05) is 41.2 Å². The Bertz CT molecular complexity index is 704. The summed E-state index contributed by atoms with van der Waals surface area (Å²) in [6, 6.07) is 18.7. The Balaban J connectivity index is 1.75. The lowest BCUT2D eigenvalue weighted by Crippen LogP contribution is -2.05.